The lowest BCUT2D eigenvalue weighted by Crippen LogP contribution is -2.23. The van der Waals surface area contributed by atoms with Crippen molar-refractivity contribution in [2.24, 2.45) is 0 Å². The standard InChI is InChI=1S/C11H16N4O3S/c1-19-11-9(15-6-17-15)10(12-5-13-11)14-8-3-2-7(4-16)18-8/h5,7-8,16H,2-4,6H2,1H3,(H,12,13,14)/t7-,8+,15?/m0/s1. The average Bonchev–Trinajstić information content (AvgIpc) is 3.18. The van der Waals surface area contributed by atoms with Crippen LogP contribution in [0, 0.1) is 0 Å². The summed E-state index contributed by atoms with van der Waals surface area (Å²) in [4.78, 5) is 13.7. The maximum absolute atomic E-state index is 9.07. The number of anilines is 2. The molecule has 0 aromatic carbocycles. The van der Waals surface area contributed by atoms with Gasteiger partial charge in [0.15, 0.2) is 12.5 Å². The fourth-order valence-corrected chi connectivity index (χ4v) is 2.64. The van der Waals surface area contributed by atoms with E-state index in [4.69, 9.17) is 14.7 Å². The minimum atomic E-state index is -0.125. The molecule has 0 saturated carbocycles. The molecule has 7 nitrogen and oxygen atoms in total. The Bertz CT molecular complexity index is 458. The second kappa shape index (κ2) is 5.49. The second-order valence-corrected chi connectivity index (χ2v) is 5.16. The van der Waals surface area contributed by atoms with Crippen LogP contribution in [0.3, 0.4) is 0 Å². The van der Waals surface area contributed by atoms with Crippen LogP contribution >= 0.6 is 11.8 Å². The Hall–Kier alpha value is -1.09. The van der Waals surface area contributed by atoms with Crippen LogP contribution in [0.2, 0.25) is 0 Å². The summed E-state index contributed by atoms with van der Waals surface area (Å²) < 4.78 is 5.66. The molecular weight excluding hydrogens is 268 g/mol. The number of hydroxylamine groups is 1. The van der Waals surface area contributed by atoms with Gasteiger partial charge in [-0.25, -0.2) is 19.9 Å². The summed E-state index contributed by atoms with van der Waals surface area (Å²) in [5.74, 6) is 0.709. The van der Waals surface area contributed by atoms with Crippen molar-refractivity contribution >= 4 is 23.3 Å². The number of hydrogen-bond acceptors (Lipinski definition) is 8. The first-order chi connectivity index (χ1) is 9.31. The molecule has 2 fully saturated rings. The molecule has 2 aliphatic heterocycles. The zero-order valence-corrected chi connectivity index (χ0v) is 11.4. The monoisotopic (exact) mass is 284 g/mol. The van der Waals surface area contributed by atoms with E-state index < -0.39 is 0 Å². The molecule has 19 heavy (non-hydrogen) atoms. The lowest BCUT2D eigenvalue weighted by molar-refractivity contribution is 0.0234. The normalized spacial score (nSPS) is 25.7. The summed E-state index contributed by atoms with van der Waals surface area (Å²) in [5, 5.41) is 14.9. The van der Waals surface area contributed by atoms with Gasteiger partial charge < -0.3 is 15.2 Å². The Kier molecular flexibility index (Phi) is 3.74. The van der Waals surface area contributed by atoms with Gasteiger partial charge in [-0.15, -0.1) is 11.8 Å². The van der Waals surface area contributed by atoms with Crippen LogP contribution in [0.15, 0.2) is 11.4 Å². The first-order valence-corrected chi connectivity index (χ1v) is 7.36. The molecular formula is C11H16N4O3S. The molecule has 2 saturated heterocycles. The number of ether oxygens (including phenoxy) is 1. The highest BCUT2D eigenvalue weighted by atomic mass is 32.2. The minimum absolute atomic E-state index is 0.0557. The highest BCUT2D eigenvalue weighted by molar-refractivity contribution is 7.98. The third-order valence-electron chi connectivity index (χ3n) is 3.10. The lowest BCUT2D eigenvalue weighted by Gasteiger charge is -2.17. The number of thioether (sulfide) groups is 1. The van der Waals surface area contributed by atoms with Gasteiger partial charge in [0.2, 0.25) is 0 Å². The van der Waals surface area contributed by atoms with E-state index in [0.29, 0.717) is 12.5 Å². The number of aliphatic hydroxyl groups is 1. The Balaban J connectivity index is 1.77. The van der Waals surface area contributed by atoms with Gasteiger partial charge in [-0.2, -0.15) is 0 Å². The zero-order chi connectivity index (χ0) is 13.2. The summed E-state index contributed by atoms with van der Waals surface area (Å²) in [6.07, 6.45) is 4.99. The molecule has 1 aromatic heterocycles. The van der Waals surface area contributed by atoms with Crippen molar-refractivity contribution in [1.29, 1.82) is 0 Å². The molecule has 2 atom stereocenters. The SMILES string of the molecule is CSc1ncnc(N[C@H]2CC[C@@H](CO)O2)c1N1CO1. The maximum Gasteiger partial charge on any atom is 0.171 e. The fourth-order valence-electron chi connectivity index (χ4n) is 2.10. The molecule has 3 rings (SSSR count). The summed E-state index contributed by atoms with van der Waals surface area (Å²) >= 11 is 1.55. The molecule has 0 radical (unpaired) electrons. The van der Waals surface area contributed by atoms with Gasteiger partial charge in [-0.05, 0) is 19.1 Å². The van der Waals surface area contributed by atoms with E-state index in [0.717, 1.165) is 23.6 Å². The van der Waals surface area contributed by atoms with Crippen molar-refractivity contribution in [3.05, 3.63) is 6.33 Å². The number of aliphatic hydroxyl groups excluding tert-OH is 1. The van der Waals surface area contributed by atoms with Crippen molar-refractivity contribution in [2.75, 3.05) is 30.0 Å². The van der Waals surface area contributed by atoms with Crippen molar-refractivity contribution in [3.8, 4) is 0 Å². The number of rotatable bonds is 5. The van der Waals surface area contributed by atoms with E-state index in [9.17, 15) is 0 Å². The maximum atomic E-state index is 9.07. The third-order valence-corrected chi connectivity index (χ3v) is 3.78. The van der Waals surface area contributed by atoms with E-state index in [1.54, 1.807) is 16.8 Å². The van der Waals surface area contributed by atoms with Crippen LogP contribution in [-0.2, 0) is 9.57 Å². The topological polar surface area (TPSA) is 82.8 Å². The first kappa shape index (κ1) is 12.9. The summed E-state index contributed by atoms with van der Waals surface area (Å²) in [7, 11) is 0. The highest BCUT2D eigenvalue weighted by Gasteiger charge is 2.31. The van der Waals surface area contributed by atoms with Gasteiger partial charge in [-0.3, -0.25) is 0 Å². The van der Waals surface area contributed by atoms with Crippen LogP contribution in [0.1, 0.15) is 12.8 Å². The molecule has 0 aliphatic carbocycles. The second-order valence-electron chi connectivity index (χ2n) is 4.37. The Morgan fingerprint density at radius 2 is 2.37 bits per heavy atom. The quantitative estimate of drug-likeness (QED) is 0.467. The van der Waals surface area contributed by atoms with Crippen molar-refractivity contribution in [2.45, 2.75) is 30.2 Å². The molecule has 0 spiro atoms. The van der Waals surface area contributed by atoms with Gasteiger partial charge in [0, 0.05) is 0 Å². The van der Waals surface area contributed by atoms with Gasteiger partial charge >= 0.3 is 0 Å². The molecule has 8 heteroatoms. The van der Waals surface area contributed by atoms with Crippen molar-refractivity contribution in [3.63, 3.8) is 0 Å². The minimum Gasteiger partial charge on any atom is -0.394 e. The van der Waals surface area contributed by atoms with Crippen LogP contribution in [0.25, 0.3) is 0 Å². The third kappa shape index (κ3) is 2.76. The van der Waals surface area contributed by atoms with E-state index in [1.165, 1.54) is 6.33 Å². The summed E-state index contributed by atoms with van der Waals surface area (Å²) in [6.45, 7) is 0.612. The first-order valence-electron chi connectivity index (χ1n) is 6.14. The number of aromatic nitrogens is 2. The van der Waals surface area contributed by atoms with E-state index >= 15 is 0 Å². The van der Waals surface area contributed by atoms with E-state index in [2.05, 4.69) is 15.3 Å². The van der Waals surface area contributed by atoms with Crippen LogP contribution < -0.4 is 10.4 Å². The van der Waals surface area contributed by atoms with Gasteiger partial charge in [0.05, 0.1) is 12.7 Å². The predicted octanol–water partition coefficient (Wildman–Crippen LogP) is 0.817. The Labute approximate surface area is 115 Å². The molecule has 3 heterocycles. The molecule has 0 unspecified atom stereocenters. The lowest BCUT2D eigenvalue weighted by atomic mass is 10.2. The van der Waals surface area contributed by atoms with Crippen LogP contribution in [-0.4, -0.2) is 47.0 Å². The van der Waals surface area contributed by atoms with Gasteiger partial charge in [0.25, 0.3) is 0 Å². The fraction of sp³-hybridized carbons (Fsp3) is 0.636. The summed E-state index contributed by atoms with van der Waals surface area (Å²) in [5.41, 5.74) is 0.853. The number of hydrogen-bond donors (Lipinski definition) is 2. The molecule has 2 N–H and O–H groups in total. The van der Waals surface area contributed by atoms with Gasteiger partial charge in [0.1, 0.15) is 23.3 Å². The molecule has 1 aromatic rings. The largest absolute Gasteiger partial charge is 0.394 e. The number of nitrogens with zero attached hydrogens (tertiary/aromatic N) is 3. The van der Waals surface area contributed by atoms with Crippen LogP contribution in [0.4, 0.5) is 11.5 Å². The van der Waals surface area contributed by atoms with Gasteiger partial charge in [-0.1, -0.05) is 0 Å². The van der Waals surface area contributed by atoms with E-state index in [-0.39, 0.29) is 18.9 Å². The summed E-state index contributed by atoms with van der Waals surface area (Å²) in [6, 6.07) is 0. The van der Waals surface area contributed by atoms with Crippen LogP contribution in [0.5, 0.6) is 0 Å². The molecule has 2 aliphatic rings. The Morgan fingerprint density at radius 3 is 3.00 bits per heavy atom. The average molecular weight is 284 g/mol. The molecule has 104 valence electrons. The van der Waals surface area contributed by atoms with Crippen molar-refractivity contribution in [1.82, 2.24) is 9.97 Å². The molecule has 0 amide bonds. The zero-order valence-electron chi connectivity index (χ0n) is 10.6. The Morgan fingerprint density at radius 1 is 1.53 bits per heavy atom. The van der Waals surface area contributed by atoms with E-state index in [1.807, 2.05) is 6.26 Å². The smallest absolute Gasteiger partial charge is 0.171 e. The molecule has 0 bridgehead atoms. The van der Waals surface area contributed by atoms with Crippen molar-refractivity contribution < 1.29 is 14.7 Å². The number of nitrogens with one attached hydrogen (secondary N) is 1. The predicted molar refractivity (Wildman–Crippen MR) is 70.8 cm³/mol. The highest BCUT2D eigenvalue weighted by Crippen LogP contribution is 2.37.